The number of nitrogens with zero attached hydrogens (tertiary/aromatic N) is 3. The maximum Gasteiger partial charge on any atom is 0.191 e. The second-order valence-electron chi connectivity index (χ2n) is 7.84. The Morgan fingerprint density at radius 1 is 1.04 bits per heavy atom. The molecule has 2 aliphatic heterocycles. The van der Waals surface area contributed by atoms with Gasteiger partial charge in [-0.3, -0.25) is 4.99 Å². The highest BCUT2D eigenvalue weighted by Gasteiger charge is 2.21. The standard InChI is InChI=1S/C20H41N5O/c1-4-5-10-24-13-8-19(9-14-24)23-20(21-2)22-17-18-6-11-25(12-7-18)15-16-26-3/h18-19H,4-17H2,1-3H3,(H2,21,22,23). The Kier molecular flexibility index (Phi) is 10.3. The van der Waals surface area contributed by atoms with Gasteiger partial charge in [0.05, 0.1) is 6.61 Å². The van der Waals surface area contributed by atoms with E-state index in [2.05, 4.69) is 32.3 Å². The molecule has 0 amide bonds. The summed E-state index contributed by atoms with van der Waals surface area (Å²) in [5.74, 6) is 1.74. The highest BCUT2D eigenvalue weighted by molar-refractivity contribution is 5.79. The smallest absolute Gasteiger partial charge is 0.191 e. The normalized spacial score (nSPS) is 21.9. The van der Waals surface area contributed by atoms with Gasteiger partial charge >= 0.3 is 0 Å². The molecule has 0 aromatic heterocycles. The first kappa shape index (κ1) is 21.5. The zero-order valence-electron chi connectivity index (χ0n) is 17.3. The third-order valence-electron chi connectivity index (χ3n) is 5.86. The Hall–Kier alpha value is -0.850. The van der Waals surface area contributed by atoms with Crippen molar-refractivity contribution in [3.63, 3.8) is 0 Å². The van der Waals surface area contributed by atoms with Crippen molar-refractivity contribution in [1.82, 2.24) is 20.4 Å². The number of guanidine groups is 1. The van der Waals surface area contributed by atoms with E-state index in [4.69, 9.17) is 4.74 Å². The van der Waals surface area contributed by atoms with E-state index in [0.717, 1.165) is 31.6 Å². The van der Waals surface area contributed by atoms with Crippen LogP contribution in [-0.2, 0) is 4.74 Å². The molecule has 26 heavy (non-hydrogen) atoms. The number of aliphatic imine (C=N–C) groups is 1. The molecule has 2 fully saturated rings. The van der Waals surface area contributed by atoms with Crippen LogP contribution in [-0.4, -0.2) is 88.4 Å². The van der Waals surface area contributed by atoms with Crippen molar-refractivity contribution in [3.05, 3.63) is 0 Å². The van der Waals surface area contributed by atoms with E-state index in [1.54, 1.807) is 7.11 Å². The molecular weight excluding hydrogens is 326 g/mol. The zero-order chi connectivity index (χ0) is 18.6. The number of hydrogen-bond donors (Lipinski definition) is 2. The van der Waals surface area contributed by atoms with Crippen molar-refractivity contribution >= 4 is 5.96 Å². The topological polar surface area (TPSA) is 52.1 Å². The molecule has 0 bridgehead atoms. The summed E-state index contributed by atoms with van der Waals surface area (Å²) in [6.07, 6.45) is 7.60. The molecule has 0 spiro atoms. The van der Waals surface area contributed by atoms with E-state index in [1.807, 2.05) is 7.05 Å². The van der Waals surface area contributed by atoms with Crippen molar-refractivity contribution in [2.75, 3.05) is 66.6 Å². The quantitative estimate of drug-likeness (QED) is 0.481. The van der Waals surface area contributed by atoms with Crippen LogP contribution in [0.15, 0.2) is 4.99 Å². The number of piperidine rings is 2. The summed E-state index contributed by atoms with van der Waals surface area (Å²) in [6, 6.07) is 0.565. The minimum atomic E-state index is 0.565. The van der Waals surface area contributed by atoms with Crippen LogP contribution in [0.5, 0.6) is 0 Å². The van der Waals surface area contributed by atoms with Gasteiger partial charge in [-0.2, -0.15) is 0 Å². The number of methoxy groups -OCH3 is 1. The fourth-order valence-corrected chi connectivity index (χ4v) is 3.95. The Morgan fingerprint density at radius 3 is 2.31 bits per heavy atom. The third kappa shape index (κ3) is 7.80. The number of nitrogens with one attached hydrogen (secondary N) is 2. The van der Waals surface area contributed by atoms with E-state index < -0.39 is 0 Å². The van der Waals surface area contributed by atoms with Crippen LogP contribution >= 0.6 is 0 Å². The van der Waals surface area contributed by atoms with E-state index in [0.29, 0.717) is 6.04 Å². The van der Waals surface area contributed by atoms with Crippen molar-refractivity contribution in [2.45, 2.75) is 51.5 Å². The number of hydrogen-bond acceptors (Lipinski definition) is 4. The second-order valence-corrected chi connectivity index (χ2v) is 7.84. The van der Waals surface area contributed by atoms with Gasteiger partial charge in [-0.1, -0.05) is 13.3 Å². The molecule has 2 heterocycles. The molecule has 6 heteroatoms. The largest absolute Gasteiger partial charge is 0.383 e. The Bertz CT molecular complexity index is 388. The molecule has 2 saturated heterocycles. The zero-order valence-corrected chi connectivity index (χ0v) is 17.3. The van der Waals surface area contributed by atoms with E-state index in [1.165, 1.54) is 71.2 Å². The summed E-state index contributed by atoms with van der Waals surface area (Å²) in [6.45, 7) is 11.3. The second kappa shape index (κ2) is 12.5. The first-order chi connectivity index (χ1) is 12.7. The SMILES string of the molecule is CCCCN1CCC(NC(=NC)NCC2CCN(CCOC)CC2)CC1. The molecule has 152 valence electrons. The Labute approximate surface area is 160 Å². The number of ether oxygens (including phenoxy) is 1. The number of rotatable bonds is 9. The van der Waals surface area contributed by atoms with Gasteiger partial charge in [0.25, 0.3) is 0 Å². The molecule has 0 aromatic rings. The summed E-state index contributed by atoms with van der Waals surface area (Å²) in [7, 11) is 3.67. The molecule has 0 saturated carbocycles. The van der Waals surface area contributed by atoms with Gasteiger partial charge in [-0.25, -0.2) is 0 Å². The van der Waals surface area contributed by atoms with E-state index in [-0.39, 0.29) is 0 Å². The molecular formula is C20H41N5O. The summed E-state index contributed by atoms with van der Waals surface area (Å²) in [4.78, 5) is 9.56. The lowest BCUT2D eigenvalue weighted by atomic mass is 9.97. The highest BCUT2D eigenvalue weighted by Crippen LogP contribution is 2.16. The summed E-state index contributed by atoms with van der Waals surface area (Å²) in [5.41, 5.74) is 0. The van der Waals surface area contributed by atoms with E-state index in [9.17, 15) is 0 Å². The number of likely N-dealkylation sites (tertiary alicyclic amines) is 2. The summed E-state index contributed by atoms with van der Waals surface area (Å²) in [5, 5.41) is 7.22. The predicted octanol–water partition coefficient (Wildman–Crippen LogP) is 1.77. The monoisotopic (exact) mass is 367 g/mol. The summed E-state index contributed by atoms with van der Waals surface area (Å²) < 4.78 is 5.18. The fourth-order valence-electron chi connectivity index (χ4n) is 3.95. The molecule has 6 nitrogen and oxygen atoms in total. The molecule has 2 N–H and O–H groups in total. The van der Waals surface area contributed by atoms with Crippen molar-refractivity contribution < 1.29 is 4.74 Å². The maximum absolute atomic E-state index is 5.18. The minimum Gasteiger partial charge on any atom is -0.383 e. The van der Waals surface area contributed by atoms with Gasteiger partial charge in [-0.05, 0) is 57.7 Å². The Balaban J connectivity index is 1.60. The number of unbranched alkanes of at least 4 members (excludes halogenated alkanes) is 1. The van der Waals surface area contributed by atoms with Crippen LogP contribution in [0.25, 0.3) is 0 Å². The molecule has 0 radical (unpaired) electrons. The highest BCUT2D eigenvalue weighted by atomic mass is 16.5. The Morgan fingerprint density at radius 2 is 1.69 bits per heavy atom. The van der Waals surface area contributed by atoms with Gasteiger partial charge in [0.2, 0.25) is 0 Å². The molecule has 2 rings (SSSR count). The average molecular weight is 368 g/mol. The first-order valence-corrected chi connectivity index (χ1v) is 10.7. The lowest BCUT2D eigenvalue weighted by Crippen LogP contribution is -2.50. The van der Waals surface area contributed by atoms with E-state index >= 15 is 0 Å². The lowest BCUT2D eigenvalue weighted by molar-refractivity contribution is 0.120. The van der Waals surface area contributed by atoms with Crippen molar-refractivity contribution in [1.29, 1.82) is 0 Å². The minimum absolute atomic E-state index is 0.565. The maximum atomic E-state index is 5.18. The summed E-state index contributed by atoms with van der Waals surface area (Å²) >= 11 is 0. The lowest BCUT2D eigenvalue weighted by Gasteiger charge is -2.34. The first-order valence-electron chi connectivity index (χ1n) is 10.7. The van der Waals surface area contributed by atoms with Crippen LogP contribution in [0.1, 0.15) is 45.4 Å². The van der Waals surface area contributed by atoms with Gasteiger partial charge < -0.3 is 25.2 Å². The fraction of sp³-hybridized carbons (Fsp3) is 0.950. The van der Waals surface area contributed by atoms with Crippen molar-refractivity contribution in [3.8, 4) is 0 Å². The van der Waals surface area contributed by atoms with Crippen LogP contribution in [0.4, 0.5) is 0 Å². The van der Waals surface area contributed by atoms with Crippen LogP contribution in [0, 0.1) is 5.92 Å². The molecule has 0 aliphatic carbocycles. The molecule has 0 atom stereocenters. The third-order valence-corrected chi connectivity index (χ3v) is 5.86. The molecule has 0 aromatic carbocycles. The van der Waals surface area contributed by atoms with Gasteiger partial charge in [-0.15, -0.1) is 0 Å². The van der Waals surface area contributed by atoms with Crippen LogP contribution in [0.3, 0.4) is 0 Å². The average Bonchev–Trinajstić information content (AvgIpc) is 2.69. The van der Waals surface area contributed by atoms with Crippen LogP contribution in [0.2, 0.25) is 0 Å². The van der Waals surface area contributed by atoms with Gasteiger partial charge in [0.15, 0.2) is 5.96 Å². The van der Waals surface area contributed by atoms with Gasteiger partial charge in [0.1, 0.15) is 0 Å². The molecule has 0 unspecified atom stereocenters. The van der Waals surface area contributed by atoms with Crippen LogP contribution < -0.4 is 10.6 Å². The molecule has 2 aliphatic rings. The predicted molar refractivity (Wildman–Crippen MR) is 110 cm³/mol. The van der Waals surface area contributed by atoms with Gasteiger partial charge in [0, 0.05) is 46.4 Å². The van der Waals surface area contributed by atoms with Crippen molar-refractivity contribution in [2.24, 2.45) is 10.9 Å².